The van der Waals surface area contributed by atoms with Gasteiger partial charge in [0.25, 0.3) is 0 Å². The molecule has 1 fully saturated rings. The predicted octanol–water partition coefficient (Wildman–Crippen LogP) is 1.94. The number of rotatable bonds is 4. The fraction of sp³-hybridized carbons (Fsp3) is 0.667. The monoisotopic (exact) mass is 205 g/mol. The van der Waals surface area contributed by atoms with E-state index in [1.54, 1.807) is 0 Å². The van der Waals surface area contributed by atoms with Gasteiger partial charge in [0.15, 0.2) is 0 Å². The fourth-order valence-electron chi connectivity index (χ4n) is 1.98. The molecule has 1 aromatic rings. The Bertz CT molecular complexity index is 332. The van der Waals surface area contributed by atoms with Gasteiger partial charge < -0.3 is 5.73 Å². The summed E-state index contributed by atoms with van der Waals surface area (Å²) in [5.41, 5.74) is 7.92. The molecule has 0 radical (unpaired) electrons. The van der Waals surface area contributed by atoms with Gasteiger partial charge in [0.2, 0.25) is 0 Å². The van der Waals surface area contributed by atoms with Crippen LogP contribution < -0.4 is 5.73 Å². The van der Waals surface area contributed by atoms with Crippen LogP contribution in [0.2, 0.25) is 0 Å². The summed E-state index contributed by atoms with van der Waals surface area (Å²) in [5.74, 6) is 1.61. The van der Waals surface area contributed by atoms with Gasteiger partial charge in [-0.1, -0.05) is 6.42 Å². The summed E-state index contributed by atoms with van der Waals surface area (Å²) in [7, 11) is 0. The number of nitrogens with two attached hydrogens (primary N) is 1. The second-order valence-electron chi connectivity index (χ2n) is 4.35. The Morgan fingerprint density at radius 2 is 2.20 bits per heavy atom. The highest BCUT2D eigenvalue weighted by Crippen LogP contribution is 2.35. The zero-order valence-corrected chi connectivity index (χ0v) is 9.37. The number of aromatic nitrogens is 2. The standard InChI is InChI=1S/C12H19N3/c1-9-14-11(6-3-7-13)8-12(15-9)10-4-2-5-10/h8,10H,2-7,13H2,1H3. The molecule has 0 amide bonds. The first-order valence-corrected chi connectivity index (χ1v) is 5.84. The minimum Gasteiger partial charge on any atom is -0.330 e. The van der Waals surface area contributed by atoms with Gasteiger partial charge in [0.05, 0.1) is 0 Å². The number of hydrogen-bond donors (Lipinski definition) is 1. The maximum atomic E-state index is 5.51. The highest BCUT2D eigenvalue weighted by Gasteiger charge is 2.21. The van der Waals surface area contributed by atoms with Crippen molar-refractivity contribution in [1.82, 2.24) is 9.97 Å². The van der Waals surface area contributed by atoms with Gasteiger partial charge in [-0.25, -0.2) is 9.97 Å². The normalized spacial score (nSPS) is 16.4. The first-order chi connectivity index (χ1) is 7.29. The van der Waals surface area contributed by atoms with E-state index in [4.69, 9.17) is 5.73 Å². The van der Waals surface area contributed by atoms with Gasteiger partial charge in [-0.15, -0.1) is 0 Å². The molecule has 82 valence electrons. The smallest absolute Gasteiger partial charge is 0.125 e. The third-order valence-electron chi connectivity index (χ3n) is 3.07. The molecule has 0 aliphatic heterocycles. The maximum absolute atomic E-state index is 5.51. The molecule has 0 spiro atoms. The molecule has 1 heterocycles. The molecule has 1 aliphatic carbocycles. The van der Waals surface area contributed by atoms with Gasteiger partial charge in [-0.05, 0) is 45.2 Å². The maximum Gasteiger partial charge on any atom is 0.125 e. The zero-order valence-electron chi connectivity index (χ0n) is 9.37. The minimum absolute atomic E-state index is 0.698. The average molecular weight is 205 g/mol. The second kappa shape index (κ2) is 4.71. The van der Waals surface area contributed by atoms with Crippen molar-refractivity contribution in [3.63, 3.8) is 0 Å². The van der Waals surface area contributed by atoms with Crippen molar-refractivity contribution in [2.75, 3.05) is 6.54 Å². The molecule has 3 heteroatoms. The zero-order chi connectivity index (χ0) is 10.7. The van der Waals surface area contributed by atoms with Gasteiger partial charge in [0.1, 0.15) is 5.82 Å². The van der Waals surface area contributed by atoms with Gasteiger partial charge in [-0.3, -0.25) is 0 Å². The van der Waals surface area contributed by atoms with Crippen molar-refractivity contribution in [1.29, 1.82) is 0 Å². The Labute approximate surface area is 91.1 Å². The molecule has 15 heavy (non-hydrogen) atoms. The molecule has 1 saturated carbocycles. The molecule has 0 aromatic carbocycles. The molecule has 3 nitrogen and oxygen atoms in total. The van der Waals surface area contributed by atoms with E-state index in [-0.39, 0.29) is 0 Å². The lowest BCUT2D eigenvalue weighted by Gasteiger charge is -2.25. The van der Waals surface area contributed by atoms with Crippen LogP contribution in [0.1, 0.15) is 48.8 Å². The van der Waals surface area contributed by atoms with Crippen molar-refractivity contribution < 1.29 is 0 Å². The largest absolute Gasteiger partial charge is 0.330 e. The van der Waals surface area contributed by atoms with E-state index >= 15 is 0 Å². The Balaban J connectivity index is 2.12. The molecular weight excluding hydrogens is 186 g/mol. The molecule has 0 atom stereocenters. The van der Waals surface area contributed by atoms with Crippen molar-refractivity contribution >= 4 is 0 Å². The van der Waals surface area contributed by atoms with Crippen molar-refractivity contribution in [3.8, 4) is 0 Å². The summed E-state index contributed by atoms with van der Waals surface area (Å²) in [5, 5.41) is 0. The third kappa shape index (κ3) is 2.53. The number of nitrogens with zero attached hydrogens (tertiary/aromatic N) is 2. The van der Waals surface area contributed by atoms with Crippen molar-refractivity contribution in [3.05, 3.63) is 23.3 Å². The van der Waals surface area contributed by atoms with Gasteiger partial charge in [-0.2, -0.15) is 0 Å². The molecule has 0 unspecified atom stereocenters. The van der Waals surface area contributed by atoms with Crippen LogP contribution in [-0.4, -0.2) is 16.5 Å². The molecule has 2 N–H and O–H groups in total. The fourth-order valence-corrected chi connectivity index (χ4v) is 1.98. The molecule has 2 rings (SSSR count). The van der Waals surface area contributed by atoms with Gasteiger partial charge >= 0.3 is 0 Å². The van der Waals surface area contributed by atoms with Gasteiger partial charge in [0, 0.05) is 17.3 Å². The minimum atomic E-state index is 0.698. The van der Waals surface area contributed by atoms with Crippen LogP contribution in [0.15, 0.2) is 6.07 Å². The lowest BCUT2D eigenvalue weighted by Crippen LogP contribution is -2.13. The van der Waals surface area contributed by atoms with Crippen molar-refractivity contribution in [2.24, 2.45) is 5.73 Å². The summed E-state index contributed by atoms with van der Waals surface area (Å²) in [6, 6.07) is 2.17. The summed E-state index contributed by atoms with van der Waals surface area (Å²) in [6.07, 6.45) is 5.95. The molecular formula is C12H19N3. The second-order valence-corrected chi connectivity index (χ2v) is 4.35. The Kier molecular flexibility index (Phi) is 3.31. The molecule has 0 saturated heterocycles. The van der Waals surface area contributed by atoms with Crippen LogP contribution in [0.4, 0.5) is 0 Å². The van der Waals surface area contributed by atoms with Crippen LogP contribution in [0.25, 0.3) is 0 Å². The molecule has 1 aromatic heterocycles. The predicted molar refractivity (Wildman–Crippen MR) is 60.7 cm³/mol. The SMILES string of the molecule is Cc1nc(CCCN)cc(C2CCC2)n1. The Morgan fingerprint density at radius 3 is 2.80 bits per heavy atom. The van der Waals surface area contributed by atoms with Crippen LogP contribution in [0.3, 0.4) is 0 Å². The number of hydrogen-bond acceptors (Lipinski definition) is 3. The first kappa shape index (κ1) is 10.6. The van der Waals surface area contributed by atoms with Crippen molar-refractivity contribution in [2.45, 2.75) is 44.9 Å². The van der Waals surface area contributed by atoms with E-state index in [9.17, 15) is 0 Å². The van der Waals surface area contributed by atoms with E-state index < -0.39 is 0 Å². The van der Waals surface area contributed by atoms with Crippen LogP contribution in [0, 0.1) is 6.92 Å². The summed E-state index contributed by atoms with van der Waals surface area (Å²) >= 11 is 0. The molecule has 0 bridgehead atoms. The topological polar surface area (TPSA) is 51.8 Å². The summed E-state index contributed by atoms with van der Waals surface area (Å²) < 4.78 is 0. The lowest BCUT2D eigenvalue weighted by atomic mass is 9.82. The molecule has 1 aliphatic rings. The van der Waals surface area contributed by atoms with Crippen LogP contribution >= 0.6 is 0 Å². The highest BCUT2D eigenvalue weighted by molar-refractivity contribution is 5.17. The Hall–Kier alpha value is -0.960. The first-order valence-electron chi connectivity index (χ1n) is 5.84. The quantitative estimate of drug-likeness (QED) is 0.817. The van der Waals surface area contributed by atoms with E-state index in [1.807, 2.05) is 6.92 Å². The van der Waals surface area contributed by atoms with E-state index in [2.05, 4.69) is 16.0 Å². The Morgan fingerprint density at radius 1 is 1.40 bits per heavy atom. The number of aryl methyl sites for hydroxylation is 2. The van der Waals surface area contributed by atoms with E-state index in [0.717, 1.165) is 30.9 Å². The average Bonchev–Trinajstić information content (AvgIpc) is 2.11. The summed E-state index contributed by atoms with van der Waals surface area (Å²) in [4.78, 5) is 8.97. The van der Waals surface area contributed by atoms with Crippen LogP contribution in [-0.2, 0) is 6.42 Å². The lowest BCUT2D eigenvalue weighted by molar-refractivity contribution is 0.409. The van der Waals surface area contributed by atoms with Crippen LogP contribution in [0.5, 0.6) is 0 Å². The van der Waals surface area contributed by atoms with E-state index in [1.165, 1.54) is 25.0 Å². The van der Waals surface area contributed by atoms with E-state index in [0.29, 0.717) is 5.92 Å². The summed E-state index contributed by atoms with van der Waals surface area (Å²) in [6.45, 7) is 2.72. The third-order valence-corrected chi connectivity index (χ3v) is 3.07. The highest BCUT2D eigenvalue weighted by atomic mass is 14.9.